The molecule has 0 aliphatic carbocycles. The molecule has 1 heterocycles. The molecular weight excluding hydrogens is 264 g/mol. The molecule has 2 rings (SSSR count). The average Bonchev–Trinajstić information content (AvgIpc) is 2.74. The van der Waals surface area contributed by atoms with Crippen LogP contribution >= 0.6 is 0 Å². The lowest BCUT2D eigenvalue weighted by atomic mass is 10.2. The molecule has 0 N–H and O–H groups in total. The van der Waals surface area contributed by atoms with E-state index in [1.807, 2.05) is 25.1 Å². The average molecular weight is 280 g/mol. The number of aryl methyl sites for hydroxylation is 2. The maximum atomic E-state index is 12.3. The minimum absolute atomic E-state index is 0.0305. The molecular formula is C13H16N2O3S. The highest BCUT2D eigenvalue weighted by Gasteiger charge is 2.27. The first-order chi connectivity index (χ1) is 8.88. The van der Waals surface area contributed by atoms with Crippen molar-refractivity contribution >= 4 is 9.84 Å². The van der Waals surface area contributed by atoms with Crippen LogP contribution in [0.3, 0.4) is 0 Å². The molecule has 0 fully saturated rings. The molecule has 1 aromatic carbocycles. The second-order valence-electron chi connectivity index (χ2n) is 4.62. The van der Waals surface area contributed by atoms with Crippen LogP contribution in [0, 0.1) is 13.8 Å². The van der Waals surface area contributed by atoms with E-state index in [1.165, 1.54) is 0 Å². The van der Waals surface area contributed by atoms with E-state index in [2.05, 4.69) is 10.1 Å². The molecule has 2 aromatic rings. The molecule has 0 saturated heterocycles. The van der Waals surface area contributed by atoms with Gasteiger partial charge in [-0.3, -0.25) is 0 Å². The second kappa shape index (κ2) is 5.13. The molecule has 19 heavy (non-hydrogen) atoms. The Hall–Kier alpha value is -1.69. The number of nitrogens with zero attached hydrogens (tertiary/aromatic N) is 2. The first-order valence-corrected chi connectivity index (χ1v) is 7.67. The van der Waals surface area contributed by atoms with Crippen molar-refractivity contribution in [2.45, 2.75) is 31.8 Å². The molecule has 0 bridgehead atoms. The van der Waals surface area contributed by atoms with Gasteiger partial charge in [0.25, 0.3) is 0 Å². The molecule has 0 radical (unpaired) electrons. The zero-order chi connectivity index (χ0) is 14.0. The summed E-state index contributed by atoms with van der Waals surface area (Å²) in [7, 11) is -3.37. The van der Waals surface area contributed by atoms with Crippen LogP contribution in [0.2, 0.25) is 0 Å². The SMILES string of the molecule is Cc1cccc(CS(=O)(=O)[C@H](C)c2nc(C)no2)c1. The van der Waals surface area contributed by atoms with Crippen LogP contribution in [0.4, 0.5) is 0 Å². The quantitative estimate of drug-likeness (QED) is 0.859. The highest BCUT2D eigenvalue weighted by Crippen LogP contribution is 2.24. The third-order valence-corrected chi connectivity index (χ3v) is 4.89. The van der Waals surface area contributed by atoms with Crippen LogP contribution in [-0.4, -0.2) is 18.6 Å². The molecule has 0 unspecified atom stereocenters. The van der Waals surface area contributed by atoms with E-state index >= 15 is 0 Å². The zero-order valence-corrected chi connectivity index (χ0v) is 11.9. The summed E-state index contributed by atoms with van der Waals surface area (Å²) in [5.41, 5.74) is 1.80. The fourth-order valence-corrected chi connectivity index (χ4v) is 3.09. The fourth-order valence-electron chi connectivity index (χ4n) is 1.79. The van der Waals surface area contributed by atoms with Crippen molar-refractivity contribution in [3.8, 4) is 0 Å². The molecule has 0 amide bonds. The van der Waals surface area contributed by atoms with Crippen LogP contribution in [0.25, 0.3) is 0 Å². The van der Waals surface area contributed by atoms with Gasteiger partial charge in [0.15, 0.2) is 15.7 Å². The maximum Gasteiger partial charge on any atom is 0.244 e. The summed E-state index contributed by atoms with van der Waals surface area (Å²) in [5.74, 6) is 0.551. The van der Waals surface area contributed by atoms with E-state index in [4.69, 9.17) is 4.52 Å². The van der Waals surface area contributed by atoms with Crippen LogP contribution in [0.1, 0.15) is 35.0 Å². The smallest absolute Gasteiger partial charge is 0.244 e. The highest BCUT2D eigenvalue weighted by molar-refractivity contribution is 7.90. The van der Waals surface area contributed by atoms with Gasteiger partial charge < -0.3 is 4.52 Å². The fraction of sp³-hybridized carbons (Fsp3) is 0.385. The lowest BCUT2D eigenvalue weighted by Crippen LogP contribution is -2.13. The lowest BCUT2D eigenvalue weighted by molar-refractivity contribution is 0.373. The summed E-state index contributed by atoms with van der Waals surface area (Å²) in [4.78, 5) is 3.98. The zero-order valence-electron chi connectivity index (χ0n) is 11.1. The van der Waals surface area contributed by atoms with Gasteiger partial charge in [0.1, 0.15) is 5.25 Å². The molecule has 0 aliphatic rings. The van der Waals surface area contributed by atoms with Gasteiger partial charge >= 0.3 is 0 Å². The van der Waals surface area contributed by atoms with Crippen molar-refractivity contribution < 1.29 is 12.9 Å². The van der Waals surface area contributed by atoms with Gasteiger partial charge in [0.05, 0.1) is 5.75 Å². The van der Waals surface area contributed by atoms with Crippen molar-refractivity contribution in [1.29, 1.82) is 0 Å². The monoisotopic (exact) mass is 280 g/mol. The number of benzene rings is 1. The Morgan fingerprint density at radius 2 is 2.05 bits per heavy atom. The van der Waals surface area contributed by atoms with Crippen molar-refractivity contribution in [3.05, 3.63) is 47.1 Å². The van der Waals surface area contributed by atoms with E-state index in [1.54, 1.807) is 19.9 Å². The van der Waals surface area contributed by atoms with Crippen molar-refractivity contribution in [2.75, 3.05) is 0 Å². The highest BCUT2D eigenvalue weighted by atomic mass is 32.2. The van der Waals surface area contributed by atoms with Gasteiger partial charge in [-0.05, 0) is 26.3 Å². The molecule has 102 valence electrons. The van der Waals surface area contributed by atoms with Crippen LogP contribution in [0.5, 0.6) is 0 Å². The van der Waals surface area contributed by atoms with Gasteiger partial charge in [0.2, 0.25) is 5.89 Å². The van der Waals surface area contributed by atoms with E-state index in [0.717, 1.165) is 11.1 Å². The van der Waals surface area contributed by atoms with Gasteiger partial charge in [-0.25, -0.2) is 8.42 Å². The number of aromatic nitrogens is 2. The molecule has 1 aromatic heterocycles. The number of rotatable bonds is 4. The molecule has 0 aliphatic heterocycles. The minimum atomic E-state index is -3.37. The van der Waals surface area contributed by atoms with Gasteiger partial charge in [-0.1, -0.05) is 35.0 Å². The van der Waals surface area contributed by atoms with E-state index in [0.29, 0.717) is 5.82 Å². The Balaban J connectivity index is 2.23. The third kappa shape index (κ3) is 3.20. The summed E-state index contributed by atoms with van der Waals surface area (Å²) in [6.45, 7) is 5.16. The van der Waals surface area contributed by atoms with Crippen molar-refractivity contribution in [2.24, 2.45) is 0 Å². The number of sulfone groups is 1. The number of hydrogen-bond acceptors (Lipinski definition) is 5. The summed E-state index contributed by atoms with van der Waals surface area (Å²) in [6, 6.07) is 7.45. The Morgan fingerprint density at radius 1 is 1.32 bits per heavy atom. The molecule has 6 heteroatoms. The standard InChI is InChI=1S/C13H16N2O3S/c1-9-5-4-6-12(7-9)8-19(16,17)10(2)13-14-11(3)15-18-13/h4-7,10H,8H2,1-3H3/t10-/m1/s1. The van der Waals surface area contributed by atoms with Crippen molar-refractivity contribution in [3.63, 3.8) is 0 Å². The summed E-state index contributed by atoms with van der Waals surface area (Å²) < 4.78 is 29.5. The van der Waals surface area contributed by atoms with E-state index in [-0.39, 0.29) is 11.6 Å². The molecule has 5 nitrogen and oxygen atoms in total. The first-order valence-electron chi connectivity index (χ1n) is 5.96. The van der Waals surface area contributed by atoms with Gasteiger partial charge in [0, 0.05) is 0 Å². The molecule has 0 saturated carbocycles. The predicted molar refractivity (Wildman–Crippen MR) is 71.3 cm³/mol. The first kappa shape index (κ1) is 13.7. The molecule has 0 spiro atoms. The third-order valence-electron chi connectivity index (χ3n) is 2.88. The number of hydrogen-bond donors (Lipinski definition) is 0. The minimum Gasteiger partial charge on any atom is -0.338 e. The van der Waals surface area contributed by atoms with Crippen LogP contribution in [-0.2, 0) is 15.6 Å². The van der Waals surface area contributed by atoms with Crippen LogP contribution < -0.4 is 0 Å². The summed E-state index contributed by atoms with van der Waals surface area (Å²) in [6.07, 6.45) is 0. The topological polar surface area (TPSA) is 73.1 Å². The normalized spacial score (nSPS) is 13.4. The second-order valence-corrected chi connectivity index (χ2v) is 6.94. The summed E-state index contributed by atoms with van der Waals surface area (Å²) >= 11 is 0. The Bertz CT molecular complexity index is 677. The van der Waals surface area contributed by atoms with Gasteiger partial charge in [-0.2, -0.15) is 4.98 Å². The van der Waals surface area contributed by atoms with E-state index < -0.39 is 15.1 Å². The Kier molecular flexibility index (Phi) is 3.71. The van der Waals surface area contributed by atoms with Crippen LogP contribution in [0.15, 0.2) is 28.8 Å². The Morgan fingerprint density at radius 3 is 2.63 bits per heavy atom. The maximum absolute atomic E-state index is 12.3. The van der Waals surface area contributed by atoms with Crippen molar-refractivity contribution in [1.82, 2.24) is 10.1 Å². The molecule has 1 atom stereocenters. The summed E-state index contributed by atoms with van der Waals surface area (Å²) in [5, 5.41) is 2.82. The Labute approximate surface area is 112 Å². The van der Waals surface area contributed by atoms with E-state index in [9.17, 15) is 8.42 Å². The van der Waals surface area contributed by atoms with Gasteiger partial charge in [-0.15, -0.1) is 0 Å². The largest absolute Gasteiger partial charge is 0.338 e. The predicted octanol–water partition coefficient (Wildman–Crippen LogP) is 2.36. The lowest BCUT2D eigenvalue weighted by Gasteiger charge is -2.09.